The van der Waals surface area contributed by atoms with Gasteiger partial charge in [-0.2, -0.15) is 0 Å². The summed E-state index contributed by atoms with van der Waals surface area (Å²) in [6.45, 7) is 4.40. The molecule has 0 saturated carbocycles. The summed E-state index contributed by atoms with van der Waals surface area (Å²) in [6, 6.07) is 13.9. The van der Waals surface area contributed by atoms with Gasteiger partial charge in [-0.05, 0) is 49.2 Å². The number of nitrogens with one attached hydrogen (secondary N) is 1. The molecule has 1 heterocycles. The minimum absolute atomic E-state index is 0.0894. The van der Waals surface area contributed by atoms with Crippen LogP contribution in [0.25, 0.3) is 10.2 Å². The number of nitrogens with zero attached hydrogens (tertiary/aromatic N) is 1. The second-order valence-electron chi connectivity index (χ2n) is 5.46. The number of benzene rings is 2. The van der Waals surface area contributed by atoms with Gasteiger partial charge in [0, 0.05) is 0 Å². The summed E-state index contributed by atoms with van der Waals surface area (Å²) in [5.41, 5.74) is 3.21. The van der Waals surface area contributed by atoms with Gasteiger partial charge in [-0.3, -0.25) is 4.79 Å². The molecule has 23 heavy (non-hydrogen) atoms. The fourth-order valence-corrected chi connectivity index (χ4v) is 3.27. The van der Waals surface area contributed by atoms with E-state index in [0.29, 0.717) is 18.2 Å². The van der Waals surface area contributed by atoms with Crippen LogP contribution < -0.4 is 10.1 Å². The largest absolute Gasteiger partial charge is 0.493 e. The van der Waals surface area contributed by atoms with Gasteiger partial charge in [0.25, 0.3) is 0 Å². The summed E-state index contributed by atoms with van der Waals surface area (Å²) in [4.78, 5) is 16.4. The number of hydrogen-bond donors (Lipinski definition) is 1. The number of aromatic nitrogens is 1. The van der Waals surface area contributed by atoms with Crippen LogP contribution in [0.3, 0.4) is 0 Å². The molecule has 4 nitrogen and oxygen atoms in total. The highest BCUT2D eigenvalue weighted by Gasteiger charge is 2.08. The van der Waals surface area contributed by atoms with E-state index in [-0.39, 0.29) is 5.91 Å². The van der Waals surface area contributed by atoms with Gasteiger partial charge in [0.2, 0.25) is 5.91 Å². The first-order valence-electron chi connectivity index (χ1n) is 7.47. The number of thiazole rings is 1. The van der Waals surface area contributed by atoms with Gasteiger partial charge >= 0.3 is 0 Å². The molecule has 0 aliphatic carbocycles. The Morgan fingerprint density at radius 2 is 1.91 bits per heavy atom. The maximum absolute atomic E-state index is 12.0. The highest BCUT2D eigenvalue weighted by Crippen LogP contribution is 2.25. The van der Waals surface area contributed by atoms with Crippen LogP contribution in [-0.4, -0.2) is 17.5 Å². The topological polar surface area (TPSA) is 51.2 Å². The third-order valence-electron chi connectivity index (χ3n) is 3.33. The maximum atomic E-state index is 12.0. The van der Waals surface area contributed by atoms with Crippen molar-refractivity contribution in [2.45, 2.75) is 20.3 Å². The Bertz CT molecular complexity index is 789. The van der Waals surface area contributed by atoms with Crippen LogP contribution in [0.15, 0.2) is 42.5 Å². The molecule has 0 unspecified atom stereocenters. The predicted octanol–water partition coefficient (Wildman–Crippen LogP) is 4.32. The third-order valence-corrected chi connectivity index (χ3v) is 4.29. The molecule has 3 aromatic rings. The first-order chi connectivity index (χ1) is 11.1. The molecule has 1 aromatic heterocycles. The van der Waals surface area contributed by atoms with E-state index in [4.69, 9.17) is 4.74 Å². The molecule has 0 spiro atoms. The van der Waals surface area contributed by atoms with Gasteiger partial charge in [0.1, 0.15) is 5.75 Å². The summed E-state index contributed by atoms with van der Waals surface area (Å²) in [5, 5.41) is 3.46. The van der Waals surface area contributed by atoms with Crippen LogP contribution in [0.1, 0.15) is 17.5 Å². The van der Waals surface area contributed by atoms with E-state index >= 15 is 0 Å². The molecule has 0 radical (unpaired) electrons. The molecule has 0 aliphatic heterocycles. The smallest absolute Gasteiger partial charge is 0.229 e. The standard InChI is InChI=1S/C18H18N2O2S/c1-12-9-13(2)11-14(10-12)22-8-7-17(21)20-18-19-15-5-3-4-6-16(15)23-18/h3-6,9-11H,7-8H2,1-2H3,(H,19,20,21). The van der Waals surface area contributed by atoms with E-state index in [1.54, 1.807) is 0 Å². The summed E-state index contributed by atoms with van der Waals surface area (Å²) in [5.74, 6) is 0.712. The number of para-hydroxylation sites is 1. The van der Waals surface area contributed by atoms with Crippen LogP contribution in [0.2, 0.25) is 0 Å². The normalized spacial score (nSPS) is 10.7. The van der Waals surface area contributed by atoms with Crippen molar-refractivity contribution in [2.75, 3.05) is 11.9 Å². The molecule has 2 aromatic carbocycles. The van der Waals surface area contributed by atoms with E-state index in [2.05, 4.69) is 16.4 Å². The maximum Gasteiger partial charge on any atom is 0.229 e. The molecular weight excluding hydrogens is 308 g/mol. The second-order valence-corrected chi connectivity index (χ2v) is 6.49. The van der Waals surface area contributed by atoms with Crippen molar-refractivity contribution >= 4 is 32.6 Å². The van der Waals surface area contributed by atoms with E-state index in [9.17, 15) is 4.79 Å². The Labute approximate surface area is 139 Å². The van der Waals surface area contributed by atoms with Gasteiger partial charge < -0.3 is 10.1 Å². The number of fused-ring (bicyclic) bond motifs is 1. The lowest BCUT2D eigenvalue weighted by Gasteiger charge is -2.08. The highest BCUT2D eigenvalue weighted by molar-refractivity contribution is 7.22. The molecular formula is C18H18N2O2S. The van der Waals surface area contributed by atoms with Crippen LogP contribution >= 0.6 is 11.3 Å². The number of carbonyl (C=O) groups excluding carboxylic acids is 1. The monoisotopic (exact) mass is 326 g/mol. The summed E-state index contributed by atoms with van der Waals surface area (Å²) >= 11 is 1.48. The molecule has 0 fully saturated rings. The molecule has 1 N–H and O–H groups in total. The van der Waals surface area contributed by atoms with Crippen molar-refractivity contribution in [2.24, 2.45) is 0 Å². The van der Waals surface area contributed by atoms with Crippen LogP contribution in [0.5, 0.6) is 5.75 Å². The zero-order chi connectivity index (χ0) is 16.2. The average molecular weight is 326 g/mol. The lowest BCUT2D eigenvalue weighted by molar-refractivity contribution is -0.116. The van der Waals surface area contributed by atoms with Gasteiger partial charge in [-0.15, -0.1) is 0 Å². The number of rotatable bonds is 5. The van der Waals surface area contributed by atoms with Gasteiger partial charge in [-0.25, -0.2) is 4.98 Å². The Hall–Kier alpha value is -2.40. The van der Waals surface area contributed by atoms with E-state index < -0.39 is 0 Å². The lowest BCUT2D eigenvalue weighted by atomic mass is 10.1. The van der Waals surface area contributed by atoms with Crippen molar-refractivity contribution in [3.63, 3.8) is 0 Å². The van der Waals surface area contributed by atoms with Crippen molar-refractivity contribution in [3.8, 4) is 5.75 Å². The number of aryl methyl sites for hydroxylation is 2. The zero-order valence-corrected chi connectivity index (χ0v) is 13.9. The van der Waals surface area contributed by atoms with Crippen molar-refractivity contribution in [1.82, 2.24) is 4.98 Å². The minimum Gasteiger partial charge on any atom is -0.493 e. The number of ether oxygens (including phenoxy) is 1. The first kappa shape index (κ1) is 15.5. The van der Waals surface area contributed by atoms with Gasteiger partial charge in [0.05, 0.1) is 23.2 Å². The number of anilines is 1. The lowest BCUT2D eigenvalue weighted by Crippen LogP contribution is -2.15. The zero-order valence-electron chi connectivity index (χ0n) is 13.1. The molecule has 118 valence electrons. The van der Waals surface area contributed by atoms with Crippen LogP contribution in [0, 0.1) is 13.8 Å². The van der Waals surface area contributed by atoms with Gasteiger partial charge in [-0.1, -0.05) is 29.5 Å². The molecule has 0 atom stereocenters. The number of carbonyl (C=O) groups is 1. The highest BCUT2D eigenvalue weighted by atomic mass is 32.1. The molecule has 1 amide bonds. The Morgan fingerprint density at radius 1 is 1.17 bits per heavy atom. The third kappa shape index (κ3) is 4.07. The fraction of sp³-hybridized carbons (Fsp3) is 0.222. The van der Waals surface area contributed by atoms with E-state index in [1.165, 1.54) is 11.3 Å². The van der Waals surface area contributed by atoms with Gasteiger partial charge in [0.15, 0.2) is 5.13 Å². The minimum atomic E-state index is -0.0894. The molecule has 0 saturated heterocycles. The van der Waals surface area contributed by atoms with Crippen molar-refractivity contribution in [1.29, 1.82) is 0 Å². The molecule has 0 aliphatic rings. The van der Waals surface area contributed by atoms with Crippen molar-refractivity contribution < 1.29 is 9.53 Å². The average Bonchev–Trinajstić information content (AvgIpc) is 2.88. The predicted molar refractivity (Wildman–Crippen MR) is 94.3 cm³/mol. The quantitative estimate of drug-likeness (QED) is 0.759. The Balaban J connectivity index is 1.53. The Kier molecular flexibility index (Phi) is 4.57. The SMILES string of the molecule is Cc1cc(C)cc(OCCC(=O)Nc2nc3ccccc3s2)c1. The Morgan fingerprint density at radius 3 is 2.65 bits per heavy atom. The number of amides is 1. The molecule has 0 bridgehead atoms. The fourth-order valence-electron chi connectivity index (χ4n) is 2.39. The second kappa shape index (κ2) is 6.79. The summed E-state index contributed by atoms with van der Waals surface area (Å²) < 4.78 is 6.72. The molecule has 5 heteroatoms. The summed E-state index contributed by atoms with van der Waals surface area (Å²) in [7, 11) is 0. The molecule has 3 rings (SSSR count). The van der Waals surface area contributed by atoms with E-state index in [0.717, 1.165) is 27.1 Å². The summed E-state index contributed by atoms with van der Waals surface area (Å²) in [6.07, 6.45) is 0.295. The van der Waals surface area contributed by atoms with E-state index in [1.807, 2.05) is 50.2 Å². The first-order valence-corrected chi connectivity index (χ1v) is 8.28. The van der Waals surface area contributed by atoms with Crippen molar-refractivity contribution in [3.05, 3.63) is 53.6 Å². The van der Waals surface area contributed by atoms with Crippen LogP contribution in [0.4, 0.5) is 5.13 Å². The number of hydrogen-bond acceptors (Lipinski definition) is 4. The van der Waals surface area contributed by atoms with Crippen LogP contribution in [-0.2, 0) is 4.79 Å².